The Labute approximate surface area is 192 Å². The van der Waals surface area contributed by atoms with Crippen molar-refractivity contribution in [2.45, 2.75) is 25.3 Å². The highest BCUT2D eigenvalue weighted by Crippen LogP contribution is 2.39. The van der Waals surface area contributed by atoms with Gasteiger partial charge in [-0.3, -0.25) is 9.59 Å². The number of likely N-dealkylation sites (tertiary alicyclic amines) is 1. The van der Waals surface area contributed by atoms with E-state index >= 15 is 0 Å². The lowest BCUT2D eigenvalue weighted by molar-refractivity contribution is -0.136. The van der Waals surface area contributed by atoms with Crippen molar-refractivity contribution in [3.8, 4) is 0 Å². The van der Waals surface area contributed by atoms with Gasteiger partial charge in [0.15, 0.2) is 0 Å². The third kappa shape index (κ3) is 4.62. The number of rotatable bonds is 5. The summed E-state index contributed by atoms with van der Waals surface area (Å²) in [5.74, 6) is -0.849. The summed E-state index contributed by atoms with van der Waals surface area (Å²) in [6, 6.07) is 15.0. The Bertz CT molecular complexity index is 1010. The standard InChI is InChI=1S/C24H28FN5O3/c1-2-26-23(33)28-14-12-24(13-15-28)22(32)29(17-30(24)20-6-4-3-5-7-20)16-21(31)27-19-10-8-18(25)9-11-19/h3-11H,2,12-17H2,1H3,(H,26,33)(H,27,31). The van der Waals surface area contributed by atoms with Crippen LogP contribution in [-0.4, -0.2) is 66.0 Å². The van der Waals surface area contributed by atoms with Gasteiger partial charge >= 0.3 is 6.03 Å². The van der Waals surface area contributed by atoms with Gasteiger partial charge in [-0.15, -0.1) is 0 Å². The zero-order chi connectivity index (χ0) is 23.4. The second kappa shape index (κ2) is 9.48. The van der Waals surface area contributed by atoms with Gasteiger partial charge in [-0.2, -0.15) is 0 Å². The molecule has 0 bridgehead atoms. The maximum Gasteiger partial charge on any atom is 0.317 e. The molecule has 0 unspecified atom stereocenters. The van der Waals surface area contributed by atoms with Gasteiger partial charge in [-0.05, 0) is 56.2 Å². The van der Waals surface area contributed by atoms with Gasteiger partial charge in [0.05, 0.1) is 6.67 Å². The molecule has 174 valence electrons. The van der Waals surface area contributed by atoms with Crippen molar-refractivity contribution in [3.05, 3.63) is 60.4 Å². The van der Waals surface area contributed by atoms with Crippen molar-refractivity contribution in [1.82, 2.24) is 15.1 Å². The van der Waals surface area contributed by atoms with Crippen LogP contribution in [0.3, 0.4) is 0 Å². The van der Waals surface area contributed by atoms with Gasteiger partial charge in [0.1, 0.15) is 17.9 Å². The molecule has 2 heterocycles. The van der Waals surface area contributed by atoms with Gasteiger partial charge in [-0.1, -0.05) is 18.2 Å². The van der Waals surface area contributed by atoms with Crippen LogP contribution in [0.5, 0.6) is 0 Å². The Hall–Kier alpha value is -3.62. The molecule has 4 rings (SSSR count). The van der Waals surface area contributed by atoms with Crippen LogP contribution < -0.4 is 15.5 Å². The predicted molar refractivity (Wildman–Crippen MR) is 123 cm³/mol. The first kappa shape index (κ1) is 22.6. The van der Waals surface area contributed by atoms with Gasteiger partial charge in [0.25, 0.3) is 5.91 Å². The highest BCUT2D eigenvalue weighted by molar-refractivity contribution is 5.99. The molecule has 2 fully saturated rings. The number of nitrogens with one attached hydrogen (secondary N) is 2. The van der Waals surface area contributed by atoms with Crippen LogP contribution in [0, 0.1) is 5.82 Å². The van der Waals surface area contributed by atoms with Crippen LogP contribution >= 0.6 is 0 Å². The summed E-state index contributed by atoms with van der Waals surface area (Å²) in [5.41, 5.74) is 0.567. The zero-order valence-corrected chi connectivity index (χ0v) is 18.6. The smallest absolute Gasteiger partial charge is 0.317 e. The Morgan fingerprint density at radius 1 is 1.03 bits per heavy atom. The number of amides is 4. The van der Waals surface area contributed by atoms with E-state index in [1.54, 1.807) is 9.80 Å². The average molecular weight is 454 g/mol. The second-order valence-corrected chi connectivity index (χ2v) is 8.32. The second-order valence-electron chi connectivity index (χ2n) is 8.32. The summed E-state index contributed by atoms with van der Waals surface area (Å²) in [7, 11) is 0. The molecule has 33 heavy (non-hydrogen) atoms. The maximum absolute atomic E-state index is 13.6. The third-order valence-electron chi connectivity index (χ3n) is 6.25. The maximum atomic E-state index is 13.6. The van der Waals surface area contributed by atoms with E-state index in [1.807, 2.05) is 37.3 Å². The number of carbonyl (C=O) groups is 3. The highest BCUT2D eigenvalue weighted by Gasteiger charge is 2.54. The molecule has 8 nitrogen and oxygen atoms in total. The SMILES string of the molecule is CCNC(=O)N1CCC2(CC1)C(=O)N(CC(=O)Nc1ccc(F)cc1)CN2c1ccccc1. The molecular weight excluding hydrogens is 425 g/mol. The average Bonchev–Trinajstić information content (AvgIpc) is 3.08. The van der Waals surface area contributed by atoms with Crippen LogP contribution in [0.2, 0.25) is 0 Å². The molecule has 1 spiro atoms. The van der Waals surface area contributed by atoms with E-state index in [-0.39, 0.29) is 36.9 Å². The summed E-state index contributed by atoms with van der Waals surface area (Å²) < 4.78 is 13.1. The van der Waals surface area contributed by atoms with E-state index in [9.17, 15) is 18.8 Å². The molecule has 2 aromatic carbocycles. The Morgan fingerprint density at radius 2 is 1.70 bits per heavy atom. The minimum Gasteiger partial charge on any atom is -0.339 e. The number of benzene rings is 2. The number of piperidine rings is 1. The molecule has 2 aromatic rings. The number of para-hydroxylation sites is 1. The van der Waals surface area contributed by atoms with Crippen LogP contribution in [0.4, 0.5) is 20.6 Å². The molecule has 0 saturated carbocycles. The fourth-order valence-electron chi connectivity index (χ4n) is 4.57. The summed E-state index contributed by atoms with van der Waals surface area (Å²) in [5, 5.41) is 5.53. The third-order valence-corrected chi connectivity index (χ3v) is 6.25. The van der Waals surface area contributed by atoms with E-state index in [0.717, 1.165) is 5.69 Å². The first-order chi connectivity index (χ1) is 15.9. The van der Waals surface area contributed by atoms with E-state index in [4.69, 9.17) is 0 Å². The molecule has 4 amide bonds. The van der Waals surface area contributed by atoms with Crippen LogP contribution in [-0.2, 0) is 9.59 Å². The molecule has 0 radical (unpaired) electrons. The van der Waals surface area contributed by atoms with Gasteiger partial charge < -0.3 is 25.3 Å². The number of halogens is 1. The quantitative estimate of drug-likeness (QED) is 0.729. The Morgan fingerprint density at radius 3 is 2.33 bits per heavy atom. The lowest BCUT2D eigenvalue weighted by Gasteiger charge is -2.43. The molecule has 0 aliphatic carbocycles. The lowest BCUT2D eigenvalue weighted by atomic mass is 9.85. The number of anilines is 2. The summed E-state index contributed by atoms with van der Waals surface area (Å²) in [6.07, 6.45) is 0.960. The number of nitrogens with zero attached hydrogens (tertiary/aromatic N) is 3. The molecule has 2 aliphatic rings. The number of carbonyl (C=O) groups excluding carboxylic acids is 3. The highest BCUT2D eigenvalue weighted by atomic mass is 19.1. The van der Waals surface area contributed by atoms with Crippen molar-refractivity contribution in [1.29, 1.82) is 0 Å². The van der Waals surface area contributed by atoms with Crippen molar-refractivity contribution in [2.75, 3.05) is 43.1 Å². The van der Waals surface area contributed by atoms with Crippen molar-refractivity contribution >= 4 is 29.2 Å². The number of urea groups is 1. The van der Waals surface area contributed by atoms with Crippen molar-refractivity contribution in [2.24, 2.45) is 0 Å². The molecule has 0 atom stereocenters. The van der Waals surface area contributed by atoms with Gasteiger partial charge in [-0.25, -0.2) is 9.18 Å². The summed E-state index contributed by atoms with van der Waals surface area (Å²) in [6.45, 7) is 3.50. The molecule has 9 heteroatoms. The van der Waals surface area contributed by atoms with Crippen molar-refractivity contribution < 1.29 is 18.8 Å². The fraction of sp³-hybridized carbons (Fsp3) is 0.375. The summed E-state index contributed by atoms with van der Waals surface area (Å²) in [4.78, 5) is 43.9. The van der Waals surface area contributed by atoms with Crippen LogP contribution in [0.15, 0.2) is 54.6 Å². The molecule has 2 saturated heterocycles. The monoisotopic (exact) mass is 453 g/mol. The fourth-order valence-corrected chi connectivity index (χ4v) is 4.57. The summed E-state index contributed by atoms with van der Waals surface area (Å²) >= 11 is 0. The first-order valence-corrected chi connectivity index (χ1v) is 11.1. The van der Waals surface area contributed by atoms with Crippen LogP contribution in [0.25, 0.3) is 0 Å². The van der Waals surface area contributed by atoms with Gasteiger partial charge in [0, 0.05) is 31.0 Å². The topological polar surface area (TPSA) is 85.0 Å². The predicted octanol–water partition coefficient (Wildman–Crippen LogP) is 2.63. The van der Waals surface area contributed by atoms with E-state index < -0.39 is 5.54 Å². The Kier molecular flexibility index (Phi) is 6.48. The number of hydrogen-bond acceptors (Lipinski definition) is 4. The normalized spacial score (nSPS) is 17.4. The molecular formula is C24H28FN5O3. The number of hydrogen-bond donors (Lipinski definition) is 2. The van der Waals surface area contributed by atoms with E-state index in [0.29, 0.717) is 38.2 Å². The minimum atomic E-state index is -0.805. The Balaban J connectivity index is 1.51. The largest absolute Gasteiger partial charge is 0.339 e. The molecule has 2 aliphatic heterocycles. The van der Waals surface area contributed by atoms with E-state index in [2.05, 4.69) is 15.5 Å². The first-order valence-electron chi connectivity index (χ1n) is 11.1. The zero-order valence-electron chi connectivity index (χ0n) is 18.6. The van der Waals surface area contributed by atoms with Crippen LogP contribution in [0.1, 0.15) is 19.8 Å². The minimum absolute atomic E-state index is 0.110. The molecule has 2 N–H and O–H groups in total. The molecule has 0 aromatic heterocycles. The van der Waals surface area contributed by atoms with Crippen molar-refractivity contribution in [3.63, 3.8) is 0 Å². The lowest BCUT2D eigenvalue weighted by Crippen LogP contribution is -2.58. The van der Waals surface area contributed by atoms with Gasteiger partial charge in [0.2, 0.25) is 5.91 Å². The van der Waals surface area contributed by atoms with E-state index in [1.165, 1.54) is 24.3 Å².